The number of aryl methyl sites for hydroxylation is 1. The summed E-state index contributed by atoms with van der Waals surface area (Å²) in [6.07, 6.45) is 0. The molecule has 0 saturated heterocycles. The van der Waals surface area contributed by atoms with Gasteiger partial charge in [-0.05, 0) is 37.6 Å². The van der Waals surface area contributed by atoms with E-state index in [1.54, 1.807) is 18.2 Å². The lowest BCUT2D eigenvalue weighted by Gasteiger charge is -2.10. The SMILES string of the molecule is CCNc1ccc([N+](=O)[O-])c(Nc2ccc(C)cc2Cl)n1. The van der Waals surface area contributed by atoms with Crippen molar-refractivity contribution in [1.82, 2.24) is 4.98 Å². The van der Waals surface area contributed by atoms with Crippen molar-refractivity contribution in [3.63, 3.8) is 0 Å². The second-order valence-electron chi connectivity index (χ2n) is 4.46. The number of halogens is 1. The molecule has 2 aromatic rings. The maximum Gasteiger partial charge on any atom is 0.311 e. The van der Waals surface area contributed by atoms with Crippen molar-refractivity contribution in [2.45, 2.75) is 13.8 Å². The summed E-state index contributed by atoms with van der Waals surface area (Å²) in [6.45, 7) is 4.52. The lowest BCUT2D eigenvalue weighted by atomic mass is 10.2. The van der Waals surface area contributed by atoms with Crippen LogP contribution in [0.4, 0.5) is 23.0 Å². The summed E-state index contributed by atoms with van der Waals surface area (Å²) in [4.78, 5) is 14.8. The first-order valence-electron chi connectivity index (χ1n) is 6.43. The normalized spacial score (nSPS) is 10.2. The van der Waals surface area contributed by atoms with E-state index in [1.165, 1.54) is 6.07 Å². The highest BCUT2D eigenvalue weighted by atomic mass is 35.5. The third-order valence-corrected chi connectivity index (χ3v) is 3.12. The minimum Gasteiger partial charge on any atom is -0.370 e. The van der Waals surface area contributed by atoms with Crippen molar-refractivity contribution >= 4 is 34.6 Å². The van der Waals surface area contributed by atoms with Gasteiger partial charge in [0.05, 0.1) is 15.6 Å². The first-order valence-corrected chi connectivity index (χ1v) is 6.81. The number of anilines is 3. The molecule has 1 aromatic heterocycles. The molecule has 0 unspecified atom stereocenters. The van der Waals surface area contributed by atoms with Crippen molar-refractivity contribution in [2.24, 2.45) is 0 Å². The Balaban J connectivity index is 2.40. The van der Waals surface area contributed by atoms with Gasteiger partial charge in [0.2, 0.25) is 5.82 Å². The third kappa shape index (κ3) is 3.61. The first-order chi connectivity index (χ1) is 10.0. The Morgan fingerprint density at radius 1 is 1.33 bits per heavy atom. The molecule has 0 atom stereocenters. The quantitative estimate of drug-likeness (QED) is 0.641. The zero-order chi connectivity index (χ0) is 15.4. The molecule has 0 saturated carbocycles. The van der Waals surface area contributed by atoms with E-state index in [9.17, 15) is 10.1 Å². The second kappa shape index (κ2) is 6.41. The maximum atomic E-state index is 11.1. The summed E-state index contributed by atoms with van der Waals surface area (Å²) in [5.41, 5.74) is 1.48. The van der Waals surface area contributed by atoms with Gasteiger partial charge in [-0.3, -0.25) is 10.1 Å². The minimum absolute atomic E-state index is 0.103. The molecule has 110 valence electrons. The van der Waals surface area contributed by atoms with Crippen LogP contribution in [0.25, 0.3) is 0 Å². The molecule has 1 heterocycles. The third-order valence-electron chi connectivity index (χ3n) is 2.81. The Bertz CT molecular complexity index is 676. The number of rotatable bonds is 5. The van der Waals surface area contributed by atoms with Gasteiger partial charge in [-0.15, -0.1) is 0 Å². The molecule has 0 aliphatic heterocycles. The molecule has 2 N–H and O–H groups in total. The van der Waals surface area contributed by atoms with Crippen molar-refractivity contribution < 1.29 is 4.92 Å². The zero-order valence-electron chi connectivity index (χ0n) is 11.7. The summed E-state index contributed by atoms with van der Waals surface area (Å²) in [7, 11) is 0. The average molecular weight is 307 g/mol. The minimum atomic E-state index is -0.479. The second-order valence-corrected chi connectivity index (χ2v) is 4.87. The van der Waals surface area contributed by atoms with E-state index >= 15 is 0 Å². The predicted octanol–water partition coefficient (Wildman–Crippen LogP) is 4.13. The van der Waals surface area contributed by atoms with Crippen molar-refractivity contribution in [2.75, 3.05) is 17.2 Å². The fourth-order valence-corrected chi connectivity index (χ4v) is 2.10. The fourth-order valence-electron chi connectivity index (χ4n) is 1.82. The average Bonchev–Trinajstić information content (AvgIpc) is 2.42. The predicted molar refractivity (Wildman–Crippen MR) is 84.5 cm³/mol. The molecule has 6 nitrogen and oxygen atoms in total. The Kier molecular flexibility index (Phi) is 4.59. The van der Waals surface area contributed by atoms with E-state index in [0.29, 0.717) is 23.1 Å². The van der Waals surface area contributed by atoms with Crippen LogP contribution in [0.3, 0.4) is 0 Å². The Hall–Kier alpha value is -2.34. The standard InChI is InChI=1S/C14H15ClN4O2/c1-3-16-13-7-6-12(19(20)21)14(18-13)17-11-5-4-9(2)8-10(11)15/h4-8H,3H2,1-2H3,(H2,16,17,18). The number of hydrogen-bond acceptors (Lipinski definition) is 5. The van der Waals surface area contributed by atoms with Gasteiger partial charge in [-0.25, -0.2) is 4.98 Å². The lowest BCUT2D eigenvalue weighted by molar-refractivity contribution is -0.384. The van der Waals surface area contributed by atoms with Gasteiger partial charge in [-0.1, -0.05) is 17.7 Å². The number of hydrogen-bond donors (Lipinski definition) is 2. The van der Waals surface area contributed by atoms with Crippen LogP contribution in [-0.2, 0) is 0 Å². The number of nitro groups is 1. The number of nitrogens with one attached hydrogen (secondary N) is 2. The highest BCUT2D eigenvalue weighted by Crippen LogP contribution is 2.31. The highest BCUT2D eigenvalue weighted by molar-refractivity contribution is 6.33. The molecule has 0 aliphatic rings. The summed E-state index contributed by atoms with van der Waals surface area (Å²) in [5.74, 6) is 0.720. The maximum absolute atomic E-state index is 11.1. The molecule has 21 heavy (non-hydrogen) atoms. The lowest BCUT2D eigenvalue weighted by Crippen LogP contribution is -2.04. The molecule has 7 heteroatoms. The zero-order valence-corrected chi connectivity index (χ0v) is 12.4. The summed E-state index contributed by atoms with van der Waals surface area (Å²) < 4.78 is 0. The number of benzene rings is 1. The smallest absolute Gasteiger partial charge is 0.311 e. The van der Waals surface area contributed by atoms with Gasteiger partial charge in [0.25, 0.3) is 0 Å². The monoisotopic (exact) mass is 306 g/mol. The number of pyridine rings is 1. The van der Waals surface area contributed by atoms with Gasteiger partial charge >= 0.3 is 5.69 Å². The van der Waals surface area contributed by atoms with E-state index in [4.69, 9.17) is 11.6 Å². The van der Waals surface area contributed by atoms with Crippen LogP contribution in [0.5, 0.6) is 0 Å². The van der Waals surface area contributed by atoms with Crippen molar-refractivity contribution in [3.8, 4) is 0 Å². The molecule has 2 rings (SSSR count). The van der Waals surface area contributed by atoms with E-state index < -0.39 is 4.92 Å². The number of aromatic nitrogens is 1. The topological polar surface area (TPSA) is 80.1 Å². The van der Waals surface area contributed by atoms with Crippen LogP contribution in [0.2, 0.25) is 5.02 Å². The van der Waals surface area contributed by atoms with Crippen LogP contribution in [0.1, 0.15) is 12.5 Å². The van der Waals surface area contributed by atoms with Gasteiger partial charge < -0.3 is 10.6 Å². The van der Waals surface area contributed by atoms with Crippen molar-refractivity contribution in [3.05, 3.63) is 51.0 Å². The van der Waals surface area contributed by atoms with Gasteiger partial charge in [0.1, 0.15) is 5.82 Å². The van der Waals surface area contributed by atoms with E-state index in [1.807, 2.05) is 19.9 Å². The molecule has 0 aliphatic carbocycles. The molecule has 0 fully saturated rings. The molecule has 0 radical (unpaired) electrons. The van der Waals surface area contributed by atoms with Crippen LogP contribution in [0, 0.1) is 17.0 Å². The van der Waals surface area contributed by atoms with Gasteiger partial charge in [-0.2, -0.15) is 0 Å². The number of nitrogens with zero attached hydrogens (tertiary/aromatic N) is 2. The molecule has 0 spiro atoms. The summed E-state index contributed by atoms with van der Waals surface area (Å²) >= 11 is 6.14. The Morgan fingerprint density at radius 2 is 2.10 bits per heavy atom. The molecular formula is C14H15ClN4O2. The molecular weight excluding hydrogens is 292 g/mol. The van der Waals surface area contributed by atoms with Crippen LogP contribution < -0.4 is 10.6 Å². The molecule has 0 amide bonds. The molecule has 1 aromatic carbocycles. The Morgan fingerprint density at radius 3 is 2.71 bits per heavy atom. The van der Waals surface area contributed by atoms with Gasteiger partial charge in [0, 0.05) is 12.6 Å². The van der Waals surface area contributed by atoms with Crippen LogP contribution in [0.15, 0.2) is 30.3 Å². The summed E-state index contributed by atoms with van der Waals surface area (Å²) in [6, 6.07) is 8.40. The van der Waals surface area contributed by atoms with Crippen molar-refractivity contribution in [1.29, 1.82) is 0 Å². The van der Waals surface area contributed by atoms with Gasteiger partial charge in [0.15, 0.2) is 0 Å². The van der Waals surface area contributed by atoms with E-state index in [-0.39, 0.29) is 11.5 Å². The van der Waals surface area contributed by atoms with E-state index in [0.717, 1.165) is 5.56 Å². The van der Waals surface area contributed by atoms with Crippen LogP contribution >= 0.6 is 11.6 Å². The highest BCUT2D eigenvalue weighted by Gasteiger charge is 2.17. The van der Waals surface area contributed by atoms with E-state index in [2.05, 4.69) is 15.6 Å². The first kappa shape index (κ1) is 15.1. The largest absolute Gasteiger partial charge is 0.370 e. The fraction of sp³-hybridized carbons (Fsp3) is 0.214. The summed E-state index contributed by atoms with van der Waals surface area (Å²) in [5, 5.41) is 17.5. The molecule has 0 bridgehead atoms. The Labute approximate surface area is 127 Å². The van der Waals surface area contributed by atoms with Crippen LogP contribution in [-0.4, -0.2) is 16.5 Å².